The van der Waals surface area contributed by atoms with E-state index < -0.39 is 0 Å². The second-order valence-electron chi connectivity index (χ2n) is 15.6. The van der Waals surface area contributed by atoms with E-state index in [-0.39, 0.29) is 5.41 Å². The number of benzene rings is 10. The predicted molar refractivity (Wildman–Crippen MR) is 236 cm³/mol. The summed E-state index contributed by atoms with van der Waals surface area (Å²) in [5, 5.41) is 10.1. The molecule has 0 saturated carbocycles. The van der Waals surface area contributed by atoms with E-state index in [0.717, 1.165) is 0 Å². The first-order chi connectivity index (χ1) is 27.1. The summed E-state index contributed by atoms with van der Waals surface area (Å²) in [6.07, 6.45) is 0. The molecule has 0 saturated heterocycles. The smallest absolute Gasteiger partial charge is 0.0159 e. The van der Waals surface area contributed by atoms with E-state index in [1.54, 1.807) is 0 Å². The van der Waals surface area contributed by atoms with Crippen LogP contribution in [0.5, 0.6) is 0 Å². The molecule has 55 heavy (non-hydrogen) atoms. The SMILES string of the molecule is CC1(C)c2ccccc2-c2c(-c3c4ccccc4c(-c4ccc(-c5ccccc5)c5ccccc45)c4ccc(-c5cccc6ccccc56)cc34)cccc21. The van der Waals surface area contributed by atoms with Crippen molar-refractivity contribution in [3.63, 3.8) is 0 Å². The lowest BCUT2D eigenvalue weighted by Crippen LogP contribution is -2.14. The second-order valence-corrected chi connectivity index (χ2v) is 15.6. The molecular weight excluding hydrogens is 661 g/mol. The summed E-state index contributed by atoms with van der Waals surface area (Å²) < 4.78 is 0. The number of rotatable bonds is 4. The highest BCUT2D eigenvalue weighted by Crippen LogP contribution is 2.55. The zero-order valence-electron chi connectivity index (χ0n) is 31.0. The molecule has 0 aromatic heterocycles. The molecule has 0 unspecified atom stereocenters. The molecule has 0 aliphatic heterocycles. The lowest BCUT2D eigenvalue weighted by Gasteiger charge is -2.23. The molecule has 1 aliphatic rings. The molecule has 0 fully saturated rings. The summed E-state index contributed by atoms with van der Waals surface area (Å²) >= 11 is 0. The molecule has 10 aromatic carbocycles. The minimum atomic E-state index is -0.0962. The molecular formula is C55H38. The molecule has 258 valence electrons. The van der Waals surface area contributed by atoms with Crippen LogP contribution in [-0.2, 0) is 5.41 Å². The van der Waals surface area contributed by atoms with Gasteiger partial charge in [-0.25, -0.2) is 0 Å². The maximum atomic E-state index is 2.48. The van der Waals surface area contributed by atoms with Gasteiger partial charge in [0.05, 0.1) is 0 Å². The summed E-state index contributed by atoms with van der Waals surface area (Å²) in [6, 6.07) is 72.2. The van der Waals surface area contributed by atoms with E-state index in [2.05, 4.69) is 208 Å². The zero-order chi connectivity index (χ0) is 36.7. The Morgan fingerprint density at radius 2 is 0.782 bits per heavy atom. The van der Waals surface area contributed by atoms with Gasteiger partial charge in [-0.05, 0) is 116 Å². The first-order valence-corrected chi connectivity index (χ1v) is 19.4. The molecule has 0 N–H and O–H groups in total. The Labute approximate surface area is 322 Å². The van der Waals surface area contributed by atoms with Crippen molar-refractivity contribution in [1.29, 1.82) is 0 Å². The number of hydrogen-bond acceptors (Lipinski definition) is 0. The topological polar surface area (TPSA) is 0 Å². The molecule has 10 aromatic rings. The Balaban J connectivity index is 1.29. The molecule has 0 heteroatoms. The first-order valence-electron chi connectivity index (χ1n) is 19.4. The fourth-order valence-electron chi connectivity index (χ4n) is 9.75. The van der Waals surface area contributed by atoms with Crippen LogP contribution in [0.25, 0.3) is 98.7 Å². The fraction of sp³-hybridized carbons (Fsp3) is 0.0545. The first kappa shape index (κ1) is 31.7. The van der Waals surface area contributed by atoms with Crippen LogP contribution in [0.3, 0.4) is 0 Å². The summed E-state index contributed by atoms with van der Waals surface area (Å²) in [5.74, 6) is 0. The lowest BCUT2D eigenvalue weighted by molar-refractivity contribution is 0.660. The van der Waals surface area contributed by atoms with Crippen LogP contribution >= 0.6 is 0 Å². The van der Waals surface area contributed by atoms with E-state index in [1.807, 2.05) is 0 Å². The zero-order valence-corrected chi connectivity index (χ0v) is 31.0. The van der Waals surface area contributed by atoms with Crippen molar-refractivity contribution in [2.24, 2.45) is 0 Å². The minimum Gasteiger partial charge on any atom is -0.0622 e. The van der Waals surface area contributed by atoms with Crippen molar-refractivity contribution in [2.45, 2.75) is 19.3 Å². The Morgan fingerprint density at radius 3 is 1.58 bits per heavy atom. The van der Waals surface area contributed by atoms with Crippen LogP contribution in [-0.4, -0.2) is 0 Å². The van der Waals surface area contributed by atoms with Gasteiger partial charge in [-0.2, -0.15) is 0 Å². The van der Waals surface area contributed by atoms with Gasteiger partial charge < -0.3 is 0 Å². The molecule has 0 atom stereocenters. The van der Waals surface area contributed by atoms with Crippen molar-refractivity contribution in [2.75, 3.05) is 0 Å². The van der Waals surface area contributed by atoms with Crippen molar-refractivity contribution >= 4 is 43.1 Å². The van der Waals surface area contributed by atoms with Crippen molar-refractivity contribution in [3.05, 3.63) is 205 Å². The minimum absolute atomic E-state index is 0.0962. The average molecular weight is 699 g/mol. The summed E-state index contributed by atoms with van der Waals surface area (Å²) in [6.45, 7) is 4.76. The van der Waals surface area contributed by atoms with E-state index >= 15 is 0 Å². The standard InChI is InChI=1S/C55H38/c1-55(2)50-28-13-12-25-47(50)54-48(27-15-29-51(54)55)53-44-24-11-10-23-43(44)52(45-33-32-40(35-16-4-3-5-17-35)41-21-8-9-22-42(41)45)46-31-30-37(34-49(46)53)39-26-14-19-36-18-6-7-20-38(36)39/h3-34H,1-2H3. The molecule has 0 spiro atoms. The van der Waals surface area contributed by atoms with Crippen molar-refractivity contribution < 1.29 is 0 Å². The van der Waals surface area contributed by atoms with E-state index in [1.165, 1.54) is 110 Å². The number of fused-ring (bicyclic) bond motifs is 7. The maximum Gasteiger partial charge on any atom is 0.0159 e. The third-order valence-corrected chi connectivity index (χ3v) is 12.3. The van der Waals surface area contributed by atoms with Crippen LogP contribution in [0.2, 0.25) is 0 Å². The lowest BCUT2D eigenvalue weighted by atomic mass is 9.80. The van der Waals surface area contributed by atoms with E-state index in [0.29, 0.717) is 0 Å². The van der Waals surface area contributed by atoms with Gasteiger partial charge in [0.1, 0.15) is 0 Å². The van der Waals surface area contributed by atoms with Crippen LogP contribution in [0.15, 0.2) is 194 Å². The van der Waals surface area contributed by atoms with Crippen molar-refractivity contribution in [3.8, 4) is 55.6 Å². The Morgan fingerprint density at radius 1 is 0.273 bits per heavy atom. The Hall–Kier alpha value is -6.76. The Kier molecular flexibility index (Phi) is 7.00. The van der Waals surface area contributed by atoms with Crippen molar-refractivity contribution in [1.82, 2.24) is 0 Å². The van der Waals surface area contributed by atoms with Crippen LogP contribution in [0.4, 0.5) is 0 Å². The normalized spacial score (nSPS) is 13.1. The van der Waals surface area contributed by atoms with Gasteiger partial charge in [0.15, 0.2) is 0 Å². The van der Waals surface area contributed by atoms with Gasteiger partial charge in [-0.3, -0.25) is 0 Å². The van der Waals surface area contributed by atoms with Crippen LogP contribution in [0.1, 0.15) is 25.0 Å². The molecule has 11 rings (SSSR count). The molecule has 0 nitrogen and oxygen atoms in total. The largest absolute Gasteiger partial charge is 0.0622 e. The van der Waals surface area contributed by atoms with E-state index in [9.17, 15) is 0 Å². The highest BCUT2D eigenvalue weighted by Gasteiger charge is 2.37. The average Bonchev–Trinajstić information content (AvgIpc) is 3.48. The van der Waals surface area contributed by atoms with Crippen LogP contribution in [0, 0.1) is 0 Å². The maximum absolute atomic E-state index is 2.48. The quantitative estimate of drug-likeness (QED) is 0.161. The predicted octanol–water partition coefficient (Wildman–Crippen LogP) is 15.3. The third-order valence-electron chi connectivity index (χ3n) is 12.3. The van der Waals surface area contributed by atoms with Gasteiger partial charge in [0, 0.05) is 5.41 Å². The second kappa shape index (κ2) is 12.1. The molecule has 0 amide bonds. The third kappa shape index (κ3) is 4.71. The molecule has 1 aliphatic carbocycles. The van der Waals surface area contributed by atoms with E-state index in [4.69, 9.17) is 0 Å². The highest BCUT2D eigenvalue weighted by atomic mass is 14.4. The molecule has 0 radical (unpaired) electrons. The monoisotopic (exact) mass is 698 g/mol. The molecule has 0 heterocycles. The van der Waals surface area contributed by atoms with Gasteiger partial charge in [0.2, 0.25) is 0 Å². The highest BCUT2D eigenvalue weighted by molar-refractivity contribution is 6.25. The fourth-order valence-corrected chi connectivity index (χ4v) is 9.75. The van der Waals surface area contributed by atoms with Gasteiger partial charge in [0.25, 0.3) is 0 Å². The van der Waals surface area contributed by atoms with Gasteiger partial charge in [-0.1, -0.05) is 202 Å². The summed E-state index contributed by atoms with van der Waals surface area (Å²) in [5.41, 5.74) is 15.5. The Bertz CT molecular complexity index is 3160. The number of hydrogen-bond donors (Lipinski definition) is 0. The summed E-state index contributed by atoms with van der Waals surface area (Å²) in [7, 11) is 0. The van der Waals surface area contributed by atoms with Crippen LogP contribution < -0.4 is 0 Å². The molecule has 0 bridgehead atoms. The summed E-state index contributed by atoms with van der Waals surface area (Å²) in [4.78, 5) is 0. The van der Waals surface area contributed by atoms with Gasteiger partial charge in [-0.15, -0.1) is 0 Å². The van der Waals surface area contributed by atoms with Gasteiger partial charge >= 0.3 is 0 Å².